The Morgan fingerprint density at radius 3 is 3.05 bits per heavy atom. The molecule has 0 aliphatic carbocycles. The van der Waals surface area contributed by atoms with Gasteiger partial charge in [-0.2, -0.15) is 0 Å². The molecule has 0 spiro atoms. The van der Waals surface area contributed by atoms with Crippen LogP contribution < -0.4 is 10.2 Å². The summed E-state index contributed by atoms with van der Waals surface area (Å²) in [6, 6.07) is 0.431. The highest BCUT2D eigenvalue weighted by Crippen LogP contribution is 2.31. The van der Waals surface area contributed by atoms with Gasteiger partial charge in [0.15, 0.2) is 5.13 Å². The van der Waals surface area contributed by atoms with Crippen LogP contribution in [0.3, 0.4) is 0 Å². The molecule has 0 bridgehead atoms. The molecule has 4 heteroatoms. The third-order valence-electron chi connectivity index (χ3n) is 3.89. The fraction of sp³-hybridized carbons (Fsp3) is 0.800. The number of thiazole rings is 1. The lowest BCUT2D eigenvalue weighted by atomic mass is 10.0. The van der Waals surface area contributed by atoms with Gasteiger partial charge in [0.1, 0.15) is 0 Å². The lowest BCUT2D eigenvalue weighted by Gasteiger charge is -2.15. The van der Waals surface area contributed by atoms with Gasteiger partial charge >= 0.3 is 0 Å². The lowest BCUT2D eigenvalue weighted by Crippen LogP contribution is -2.19. The first-order chi connectivity index (χ1) is 9.24. The Balaban J connectivity index is 1.90. The molecule has 3 nitrogen and oxygen atoms in total. The van der Waals surface area contributed by atoms with Crippen molar-refractivity contribution in [3.63, 3.8) is 0 Å². The monoisotopic (exact) mass is 281 g/mol. The normalized spacial score (nSPS) is 21.0. The number of hydrogen-bond acceptors (Lipinski definition) is 4. The highest BCUT2D eigenvalue weighted by atomic mass is 32.1. The van der Waals surface area contributed by atoms with E-state index < -0.39 is 0 Å². The number of nitrogens with zero attached hydrogens (tertiary/aromatic N) is 2. The van der Waals surface area contributed by atoms with Crippen LogP contribution in [-0.2, 0) is 0 Å². The van der Waals surface area contributed by atoms with Crippen LogP contribution in [0.4, 0.5) is 5.13 Å². The number of nitrogens with one attached hydrogen (secondary N) is 1. The second-order valence-corrected chi connectivity index (χ2v) is 6.65. The molecule has 0 amide bonds. The van der Waals surface area contributed by atoms with Gasteiger partial charge in [-0.15, -0.1) is 11.3 Å². The first-order valence-corrected chi connectivity index (χ1v) is 8.50. The van der Waals surface area contributed by atoms with E-state index >= 15 is 0 Å². The molecule has 1 aromatic heterocycles. The van der Waals surface area contributed by atoms with Crippen LogP contribution in [0.15, 0.2) is 6.20 Å². The first-order valence-electron chi connectivity index (χ1n) is 7.68. The second-order valence-electron chi connectivity index (χ2n) is 5.61. The quantitative estimate of drug-likeness (QED) is 0.823. The second kappa shape index (κ2) is 7.25. The third-order valence-corrected chi connectivity index (χ3v) is 5.13. The molecular formula is C15H27N3S. The molecule has 0 radical (unpaired) electrons. The SMILES string of the molecule is CCCNC(C)c1cnc(N2CCC(CCC)C2)s1. The van der Waals surface area contributed by atoms with Crippen molar-refractivity contribution in [2.45, 2.75) is 52.5 Å². The third kappa shape index (κ3) is 3.93. The minimum atomic E-state index is 0.431. The topological polar surface area (TPSA) is 28.2 Å². The molecule has 0 aromatic carbocycles. The van der Waals surface area contributed by atoms with E-state index in [4.69, 9.17) is 0 Å². The molecule has 2 rings (SSSR count). The molecule has 2 unspecified atom stereocenters. The highest BCUT2D eigenvalue weighted by molar-refractivity contribution is 7.15. The van der Waals surface area contributed by atoms with Crippen molar-refractivity contribution in [1.82, 2.24) is 10.3 Å². The van der Waals surface area contributed by atoms with E-state index in [0.717, 1.165) is 12.5 Å². The van der Waals surface area contributed by atoms with Gasteiger partial charge < -0.3 is 10.2 Å². The van der Waals surface area contributed by atoms with Crippen LogP contribution in [0.5, 0.6) is 0 Å². The van der Waals surface area contributed by atoms with E-state index in [1.165, 1.54) is 48.8 Å². The van der Waals surface area contributed by atoms with Gasteiger partial charge in [0.25, 0.3) is 0 Å². The van der Waals surface area contributed by atoms with E-state index in [2.05, 4.69) is 42.2 Å². The van der Waals surface area contributed by atoms with Crippen LogP contribution in [0.1, 0.15) is 57.4 Å². The zero-order chi connectivity index (χ0) is 13.7. The highest BCUT2D eigenvalue weighted by Gasteiger charge is 2.24. The predicted molar refractivity (Wildman–Crippen MR) is 84.1 cm³/mol. The smallest absolute Gasteiger partial charge is 0.185 e. The Labute approximate surface area is 121 Å². The van der Waals surface area contributed by atoms with Crippen LogP contribution in [0.2, 0.25) is 0 Å². The summed E-state index contributed by atoms with van der Waals surface area (Å²) in [6.07, 6.45) is 7.25. The van der Waals surface area contributed by atoms with Gasteiger partial charge in [0.2, 0.25) is 0 Å². The van der Waals surface area contributed by atoms with Crippen molar-refractivity contribution in [2.24, 2.45) is 5.92 Å². The largest absolute Gasteiger partial charge is 0.348 e. The Hall–Kier alpha value is -0.610. The summed E-state index contributed by atoms with van der Waals surface area (Å²) in [5.41, 5.74) is 0. The minimum absolute atomic E-state index is 0.431. The Bertz CT molecular complexity index is 377. The number of hydrogen-bond donors (Lipinski definition) is 1. The van der Waals surface area contributed by atoms with Gasteiger partial charge in [0.05, 0.1) is 0 Å². The molecule has 1 N–H and O–H groups in total. The fourth-order valence-electron chi connectivity index (χ4n) is 2.74. The van der Waals surface area contributed by atoms with E-state index in [0.29, 0.717) is 6.04 Å². The zero-order valence-electron chi connectivity index (χ0n) is 12.5. The molecule has 2 atom stereocenters. The maximum atomic E-state index is 4.63. The van der Waals surface area contributed by atoms with Gasteiger partial charge in [-0.05, 0) is 38.6 Å². The van der Waals surface area contributed by atoms with Crippen molar-refractivity contribution in [3.8, 4) is 0 Å². The molecule has 1 saturated heterocycles. The maximum absolute atomic E-state index is 4.63. The Kier molecular flexibility index (Phi) is 5.64. The molecule has 0 saturated carbocycles. The van der Waals surface area contributed by atoms with E-state index in [1.807, 2.05) is 11.3 Å². The van der Waals surface area contributed by atoms with Crippen molar-refractivity contribution < 1.29 is 0 Å². The number of anilines is 1. The number of aromatic nitrogens is 1. The van der Waals surface area contributed by atoms with Crippen molar-refractivity contribution in [1.29, 1.82) is 0 Å². The Morgan fingerprint density at radius 2 is 2.32 bits per heavy atom. The van der Waals surface area contributed by atoms with Crippen molar-refractivity contribution in [2.75, 3.05) is 24.5 Å². The molecule has 1 aromatic rings. The average Bonchev–Trinajstić information content (AvgIpc) is 3.04. The maximum Gasteiger partial charge on any atom is 0.185 e. The van der Waals surface area contributed by atoms with Gasteiger partial charge in [-0.25, -0.2) is 4.98 Å². The van der Waals surface area contributed by atoms with Crippen LogP contribution in [0, 0.1) is 5.92 Å². The van der Waals surface area contributed by atoms with Gasteiger partial charge in [0, 0.05) is 30.2 Å². The average molecular weight is 281 g/mol. The first kappa shape index (κ1) is 14.8. The summed E-state index contributed by atoms with van der Waals surface area (Å²) in [5.74, 6) is 0.882. The van der Waals surface area contributed by atoms with E-state index in [-0.39, 0.29) is 0 Å². The molecule has 2 heterocycles. The fourth-order valence-corrected chi connectivity index (χ4v) is 3.71. The summed E-state index contributed by atoms with van der Waals surface area (Å²) < 4.78 is 0. The summed E-state index contributed by atoms with van der Waals surface area (Å²) in [7, 11) is 0. The van der Waals surface area contributed by atoms with E-state index in [1.54, 1.807) is 0 Å². The molecule has 1 aliphatic rings. The van der Waals surface area contributed by atoms with Gasteiger partial charge in [-0.1, -0.05) is 20.3 Å². The number of rotatable bonds is 7. The minimum Gasteiger partial charge on any atom is -0.348 e. The summed E-state index contributed by atoms with van der Waals surface area (Å²) >= 11 is 1.86. The van der Waals surface area contributed by atoms with Crippen LogP contribution >= 0.6 is 11.3 Å². The lowest BCUT2D eigenvalue weighted by molar-refractivity contribution is 0.530. The van der Waals surface area contributed by atoms with Crippen LogP contribution in [-0.4, -0.2) is 24.6 Å². The summed E-state index contributed by atoms with van der Waals surface area (Å²) in [4.78, 5) is 8.46. The molecule has 1 fully saturated rings. The summed E-state index contributed by atoms with van der Waals surface area (Å²) in [6.45, 7) is 10.2. The standard InChI is InChI=1S/C15H27N3S/c1-4-6-13-7-9-18(11-13)15-17-10-14(19-15)12(3)16-8-5-2/h10,12-13,16H,4-9,11H2,1-3H3. The molecule has 1 aliphatic heterocycles. The van der Waals surface area contributed by atoms with Crippen molar-refractivity contribution in [3.05, 3.63) is 11.1 Å². The van der Waals surface area contributed by atoms with Gasteiger partial charge in [-0.3, -0.25) is 0 Å². The summed E-state index contributed by atoms with van der Waals surface area (Å²) in [5, 5.41) is 4.75. The zero-order valence-corrected chi connectivity index (χ0v) is 13.3. The molecule has 19 heavy (non-hydrogen) atoms. The predicted octanol–water partition coefficient (Wildman–Crippen LogP) is 3.83. The molecule has 108 valence electrons. The van der Waals surface area contributed by atoms with Crippen LogP contribution in [0.25, 0.3) is 0 Å². The van der Waals surface area contributed by atoms with Crippen molar-refractivity contribution >= 4 is 16.5 Å². The molecular weight excluding hydrogens is 254 g/mol. The van der Waals surface area contributed by atoms with E-state index in [9.17, 15) is 0 Å². The Morgan fingerprint density at radius 1 is 1.47 bits per heavy atom.